The monoisotopic (exact) mass is 288 g/mol. The van der Waals surface area contributed by atoms with E-state index in [9.17, 15) is 4.79 Å². The van der Waals surface area contributed by atoms with Gasteiger partial charge in [0.2, 0.25) is 0 Å². The molecule has 0 saturated carbocycles. The number of aromatic nitrogens is 2. The van der Waals surface area contributed by atoms with Gasteiger partial charge in [-0.15, -0.1) is 12.4 Å². The van der Waals surface area contributed by atoms with Gasteiger partial charge in [-0.3, -0.25) is 0 Å². The Morgan fingerprint density at radius 3 is 2.55 bits per heavy atom. The number of fused-ring (bicyclic) bond motifs is 1. The van der Waals surface area contributed by atoms with E-state index in [1.165, 1.54) is 0 Å². The first kappa shape index (κ1) is 14.1. The molecule has 0 saturated heterocycles. The van der Waals surface area contributed by atoms with Crippen LogP contribution in [0.5, 0.6) is 0 Å². The maximum atomic E-state index is 11.1. The number of hydrogen-bond donors (Lipinski definition) is 2. The highest BCUT2D eigenvalue weighted by atomic mass is 35.5. The second-order valence-corrected chi connectivity index (χ2v) is 4.35. The van der Waals surface area contributed by atoms with E-state index in [0.717, 1.165) is 11.4 Å². The number of H-pyrrole nitrogens is 1. The van der Waals surface area contributed by atoms with E-state index >= 15 is 0 Å². The summed E-state index contributed by atoms with van der Waals surface area (Å²) in [5, 5.41) is 9.13. The number of carboxylic acid groups (broad SMARTS) is 1. The average molecular weight is 289 g/mol. The van der Waals surface area contributed by atoms with E-state index in [4.69, 9.17) is 5.11 Å². The molecule has 20 heavy (non-hydrogen) atoms. The van der Waals surface area contributed by atoms with Crippen LogP contribution in [0.25, 0.3) is 11.0 Å². The van der Waals surface area contributed by atoms with Crippen LogP contribution in [0, 0.1) is 0 Å². The number of aromatic amines is 1. The number of nitrogens with one attached hydrogen (secondary N) is 1. The molecule has 2 N–H and O–H groups in total. The minimum absolute atomic E-state index is 0. The predicted molar refractivity (Wildman–Crippen MR) is 79.5 cm³/mol. The number of hydrogen-bond acceptors (Lipinski definition) is 2. The SMILES string of the molecule is Cl.O=C(O)c1cccc2nc(Cc3ccccc3)[nH]c12. The molecule has 0 spiro atoms. The molecule has 3 aromatic rings. The minimum atomic E-state index is -0.944. The van der Waals surface area contributed by atoms with Crippen molar-refractivity contribution in [3.05, 3.63) is 65.5 Å². The Balaban J connectivity index is 0.00000147. The Hall–Kier alpha value is -2.33. The summed E-state index contributed by atoms with van der Waals surface area (Å²) >= 11 is 0. The van der Waals surface area contributed by atoms with Gasteiger partial charge in [-0.2, -0.15) is 0 Å². The van der Waals surface area contributed by atoms with Gasteiger partial charge >= 0.3 is 5.97 Å². The molecule has 0 atom stereocenters. The van der Waals surface area contributed by atoms with Crippen molar-refractivity contribution in [2.75, 3.05) is 0 Å². The van der Waals surface area contributed by atoms with Crippen LogP contribution in [0.1, 0.15) is 21.7 Å². The lowest BCUT2D eigenvalue weighted by atomic mass is 10.1. The second kappa shape index (κ2) is 5.75. The van der Waals surface area contributed by atoms with Crippen LogP contribution >= 0.6 is 12.4 Å². The molecular weight excluding hydrogens is 276 g/mol. The van der Waals surface area contributed by atoms with Crippen molar-refractivity contribution < 1.29 is 9.90 Å². The van der Waals surface area contributed by atoms with E-state index < -0.39 is 5.97 Å². The van der Waals surface area contributed by atoms with Gasteiger partial charge in [-0.1, -0.05) is 36.4 Å². The molecule has 3 rings (SSSR count). The molecule has 0 unspecified atom stereocenters. The van der Waals surface area contributed by atoms with Crippen LogP contribution in [-0.4, -0.2) is 21.0 Å². The van der Waals surface area contributed by atoms with Crippen LogP contribution < -0.4 is 0 Å². The van der Waals surface area contributed by atoms with Crippen molar-refractivity contribution in [2.24, 2.45) is 0 Å². The van der Waals surface area contributed by atoms with Gasteiger partial charge in [0.15, 0.2) is 0 Å². The summed E-state index contributed by atoms with van der Waals surface area (Å²) in [6.45, 7) is 0. The van der Waals surface area contributed by atoms with Crippen LogP contribution in [0.2, 0.25) is 0 Å². The Kier molecular flexibility index (Phi) is 4.05. The zero-order valence-corrected chi connectivity index (χ0v) is 11.4. The molecule has 0 radical (unpaired) electrons. The molecule has 1 aromatic heterocycles. The van der Waals surface area contributed by atoms with E-state index in [1.807, 2.05) is 36.4 Å². The number of para-hydroxylation sites is 1. The largest absolute Gasteiger partial charge is 0.478 e. The van der Waals surface area contributed by atoms with Crippen molar-refractivity contribution in [2.45, 2.75) is 6.42 Å². The average Bonchev–Trinajstić information content (AvgIpc) is 2.81. The van der Waals surface area contributed by atoms with Crippen LogP contribution in [-0.2, 0) is 6.42 Å². The molecule has 5 heteroatoms. The number of benzene rings is 2. The molecule has 4 nitrogen and oxygen atoms in total. The van der Waals surface area contributed by atoms with Crippen LogP contribution in [0.4, 0.5) is 0 Å². The maximum Gasteiger partial charge on any atom is 0.337 e. The highest BCUT2D eigenvalue weighted by Crippen LogP contribution is 2.18. The normalized spacial score (nSPS) is 10.2. The zero-order valence-electron chi connectivity index (χ0n) is 10.5. The number of carbonyl (C=O) groups is 1. The van der Waals surface area contributed by atoms with Gasteiger partial charge in [0.25, 0.3) is 0 Å². The number of nitrogens with zero attached hydrogens (tertiary/aromatic N) is 1. The Morgan fingerprint density at radius 2 is 1.85 bits per heavy atom. The summed E-state index contributed by atoms with van der Waals surface area (Å²) in [5.41, 5.74) is 2.66. The van der Waals surface area contributed by atoms with Gasteiger partial charge in [-0.05, 0) is 17.7 Å². The lowest BCUT2D eigenvalue weighted by Crippen LogP contribution is -1.97. The molecule has 102 valence electrons. The Morgan fingerprint density at radius 1 is 1.10 bits per heavy atom. The molecule has 0 amide bonds. The Labute approximate surface area is 121 Å². The molecule has 2 aromatic carbocycles. The summed E-state index contributed by atoms with van der Waals surface area (Å²) in [4.78, 5) is 18.7. The third-order valence-corrected chi connectivity index (χ3v) is 3.01. The number of halogens is 1. The fourth-order valence-electron chi connectivity index (χ4n) is 2.13. The molecule has 0 aliphatic carbocycles. The first-order valence-electron chi connectivity index (χ1n) is 5.99. The van der Waals surface area contributed by atoms with E-state index in [-0.39, 0.29) is 18.0 Å². The van der Waals surface area contributed by atoms with Crippen LogP contribution in [0.15, 0.2) is 48.5 Å². The highest BCUT2D eigenvalue weighted by molar-refractivity contribution is 6.00. The smallest absolute Gasteiger partial charge is 0.337 e. The summed E-state index contributed by atoms with van der Waals surface area (Å²) < 4.78 is 0. The number of carboxylic acids is 1. The van der Waals surface area contributed by atoms with Crippen molar-refractivity contribution in [1.82, 2.24) is 9.97 Å². The fraction of sp³-hybridized carbons (Fsp3) is 0.0667. The van der Waals surface area contributed by atoms with E-state index in [1.54, 1.807) is 12.1 Å². The maximum absolute atomic E-state index is 11.1. The minimum Gasteiger partial charge on any atom is -0.478 e. The molecule has 1 heterocycles. The fourth-order valence-corrected chi connectivity index (χ4v) is 2.13. The second-order valence-electron chi connectivity index (χ2n) is 4.35. The first-order chi connectivity index (χ1) is 9.24. The quantitative estimate of drug-likeness (QED) is 0.777. The third kappa shape index (κ3) is 2.65. The topological polar surface area (TPSA) is 66.0 Å². The van der Waals surface area contributed by atoms with Gasteiger partial charge in [0.05, 0.1) is 16.6 Å². The lowest BCUT2D eigenvalue weighted by molar-refractivity contribution is 0.0699. The van der Waals surface area contributed by atoms with Crippen molar-refractivity contribution in [1.29, 1.82) is 0 Å². The van der Waals surface area contributed by atoms with Gasteiger partial charge in [0, 0.05) is 6.42 Å². The molecule has 0 aliphatic heterocycles. The van der Waals surface area contributed by atoms with Gasteiger partial charge < -0.3 is 10.1 Å². The van der Waals surface area contributed by atoms with Crippen molar-refractivity contribution in [3.8, 4) is 0 Å². The van der Waals surface area contributed by atoms with Gasteiger partial charge in [0.1, 0.15) is 5.82 Å². The lowest BCUT2D eigenvalue weighted by Gasteiger charge is -1.96. The third-order valence-electron chi connectivity index (χ3n) is 3.01. The van der Waals surface area contributed by atoms with Gasteiger partial charge in [-0.25, -0.2) is 9.78 Å². The number of aromatic carboxylic acids is 1. The van der Waals surface area contributed by atoms with Crippen molar-refractivity contribution in [3.63, 3.8) is 0 Å². The van der Waals surface area contributed by atoms with Crippen LogP contribution in [0.3, 0.4) is 0 Å². The molecule has 0 aliphatic rings. The summed E-state index contributed by atoms with van der Waals surface area (Å²) in [5.74, 6) is -0.171. The van der Waals surface area contributed by atoms with Crippen molar-refractivity contribution >= 4 is 29.4 Å². The molecule has 0 bridgehead atoms. The number of rotatable bonds is 3. The van der Waals surface area contributed by atoms with E-state index in [2.05, 4.69) is 9.97 Å². The zero-order chi connectivity index (χ0) is 13.2. The molecular formula is C15H13ClN2O2. The predicted octanol–water partition coefficient (Wildman–Crippen LogP) is 3.27. The Bertz CT molecular complexity index is 738. The highest BCUT2D eigenvalue weighted by Gasteiger charge is 2.11. The van der Waals surface area contributed by atoms with E-state index in [0.29, 0.717) is 17.5 Å². The summed E-state index contributed by atoms with van der Waals surface area (Å²) in [7, 11) is 0. The molecule has 0 fully saturated rings. The summed E-state index contributed by atoms with van der Waals surface area (Å²) in [6, 6.07) is 15.0. The standard InChI is InChI=1S/C15H12N2O2.ClH/c18-15(19)11-7-4-8-12-14(11)17-13(16-12)9-10-5-2-1-3-6-10;/h1-8H,9H2,(H,16,17)(H,18,19);1H. The first-order valence-corrected chi connectivity index (χ1v) is 5.99. The summed E-state index contributed by atoms with van der Waals surface area (Å²) in [6.07, 6.45) is 0.661. The number of imidazole rings is 1.